The van der Waals surface area contributed by atoms with Crippen molar-refractivity contribution in [1.82, 2.24) is 0 Å². The van der Waals surface area contributed by atoms with Crippen molar-refractivity contribution < 1.29 is 8.42 Å². The van der Waals surface area contributed by atoms with Gasteiger partial charge in [0.15, 0.2) is 0 Å². The van der Waals surface area contributed by atoms with E-state index < -0.39 is 10.0 Å². The Kier molecular flexibility index (Phi) is 5.08. The number of sulfonamides is 1. The molecular weight excluding hydrogens is 381 g/mol. The van der Waals surface area contributed by atoms with E-state index in [1.807, 2.05) is 49.4 Å². The Hall–Kier alpha value is -2.03. The zero-order valence-electron chi connectivity index (χ0n) is 13.2. The zero-order valence-corrected chi connectivity index (χ0v) is 16.1. The molecule has 3 aromatic rings. The number of rotatable bonds is 5. The summed E-state index contributed by atoms with van der Waals surface area (Å²) >= 11 is -0.389. The Bertz CT molecular complexity index is 906. The van der Waals surface area contributed by atoms with E-state index in [2.05, 4.69) is 16.9 Å². The Morgan fingerprint density at radius 1 is 0.750 bits per heavy atom. The fourth-order valence-electron chi connectivity index (χ4n) is 2.24. The molecule has 1 N–H and O–H groups in total. The van der Waals surface area contributed by atoms with E-state index >= 15 is 0 Å². The number of nitrogens with one attached hydrogen (secondary N) is 1. The average Bonchev–Trinajstić information content (AvgIpc) is 2.58. The summed E-state index contributed by atoms with van der Waals surface area (Å²) < 4.78 is 30.0. The van der Waals surface area contributed by atoms with Crippen molar-refractivity contribution in [3.63, 3.8) is 0 Å². The van der Waals surface area contributed by atoms with Crippen LogP contribution in [0.1, 0.15) is 5.56 Å². The van der Waals surface area contributed by atoms with Crippen LogP contribution in [0, 0.1) is 6.92 Å². The van der Waals surface area contributed by atoms with E-state index in [-0.39, 0.29) is 20.6 Å². The number of benzene rings is 3. The number of hydrogen-bond donors (Lipinski definition) is 1. The minimum atomic E-state index is -3.54. The van der Waals surface area contributed by atoms with E-state index in [0.29, 0.717) is 5.69 Å². The zero-order chi connectivity index (χ0) is 17.0. The summed E-state index contributed by atoms with van der Waals surface area (Å²) in [4.78, 5) is 0.273. The van der Waals surface area contributed by atoms with Gasteiger partial charge in [-0.1, -0.05) is 0 Å². The molecule has 5 heteroatoms. The van der Waals surface area contributed by atoms with Crippen LogP contribution in [0.5, 0.6) is 0 Å². The SMILES string of the molecule is Cc1ccc(S(=O)(=O)Nc2ccc([AsH]c3ccccc3)cc2)cc1. The molecule has 24 heavy (non-hydrogen) atoms. The molecule has 0 radical (unpaired) electrons. The van der Waals surface area contributed by atoms with Crippen molar-refractivity contribution in [2.45, 2.75) is 11.8 Å². The standard InChI is InChI=1S/C19H18AsNO2S/c1-15-7-13-19(14-8-15)24(22,23)21-18-11-9-17(10-12-18)20-16-5-3-2-4-6-16/h2-14,20-21H,1H3. The second-order valence-electron chi connectivity index (χ2n) is 5.49. The van der Waals surface area contributed by atoms with Gasteiger partial charge in [0.05, 0.1) is 0 Å². The summed E-state index contributed by atoms with van der Waals surface area (Å²) in [6.07, 6.45) is 0. The minimum absolute atomic E-state index is 0.273. The van der Waals surface area contributed by atoms with Crippen LogP contribution < -0.4 is 13.4 Å². The monoisotopic (exact) mass is 399 g/mol. The summed E-state index contributed by atoms with van der Waals surface area (Å²) in [6, 6.07) is 24.8. The van der Waals surface area contributed by atoms with Crippen molar-refractivity contribution in [3.05, 3.63) is 84.4 Å². The van der Waals surface area contributed by atoms with E-state index in [1.165, 1.54) is 8.70 Å². The van der Waals surface area contributed by atoms with E-state index in [0.717, 1.165) is 5.56 Å². The molecule has 0 saturated carbocycles. The third kappa shape index (κ3) is 4.28. The van der Waals surface area contributed by atoms with Gasteiger partial charge >= 0.3 is 150 Å². The second kappa shape index (κ2) is 7.25. The van der Waals surface area contributed by atoms with Crippen LogP contribution in [-0.4, -0.2) is 24.2 Å². The molecule has 0 aliphatic heterocycles. The van der Waals surface area contributed by atoms with Crippen molar-refractivity contribution in [3.8, 4) is 0 Å². The summed E-state index contributed by atoms with van der Waals surface area (Å²) in [7, 11) is -3.54. The van der Waals surface area contributed by atoms with Crippen LogP contribution in [0.15, 0.2) is 83.8 Å². The van der Waals surface area contributed by atoms with E-state index in [1.54, 1.807) is 24.3 Å². The van der Waals surface area contributed by atoms with E-state index in [4.69, 9.17) is 0 Å². The first-order valence-corrected chi connectivity index (χ1v) is 11.1. The van der Waals surface area contributed by atoms with Crippen molar-refractivity contribution in [2.24, 2.45) is 0 Å². The molecule has 1 atom stereocenters. The number of anilines is 1. The molecule has 122 valence electrons. The molecule has 0 spiro atoms. The van der Waals surface area contributed by atoms with Gasteiger partial charge in [-0.15, -0.1) is 0 Å². The molecule has 0 aromatic heterocycles. The van der Waals surface area contributed by atoms with Gasteiger partial charge in [0.2, 0.25) is 0 Å². The van der Waals surface area contributed by atoms with Gasteiger partial charge in [0.25, 0.3) is 0 Å². The maximum absolute atomic E-state index is 12.4. The molecule has 3 rings (SSSR count). The number of aryl methyl sites for hydroxylation is 1. The molecular formula is C19H18AsNO2S. The van der Waals surface area contributed by atoms with Crippen molar-refractivity contribution in [1.29, 1.82) is 0 Å². The molecule has 0 aliphatic rings. The predicted molar refractivity (Wildman–Crippen MR) is 101 cm³/mol. The number of hydrogen-bond acceptors (Lipinski definition) is 2. The van der Waals surface area contributed by atoms with Gasteiger partial charge in [-0.25, -0.2) is 0 Å². The quantitative estimate of drug-likeness (QED) is 0.669. The fraction of sp³-hybridized carbons (Fsp3) is 0.0526. The van der Waals surface area contributed by atoms with Crippen LogP contribution in [0.25, 0.3) is 0 Å². The maximum atomic E-state index is 12.4. The van der Waals surface area contributed by atoms with Gasteiger partial charge < -0.3 is 0 Å². The van der Waals surface area contributed by atoms with Gasteiger partial charge in [-0.3, -0.25) is 0 Å². The Balaban J connectivity index is 1.73. The van der Waals surface area contributed by atoms with Crippen LogP contribution in [0.4, 0.5) is 5.69 Å². The summed E-state index contributed by atoms with van der Waals surface area (Å²) in [5, 5.41) is 0. The van der Waals surface area contributed by atoms with Gasteiger partial charge in [-0.2, -0.15) is 0 Å². The Labute approximate surface area is 149 Å². The van der Waals surface area contributed by atoms with Crippen LogP contribution in [0.3, 0.4) is 0 Å². The molecule has 3 nitrogen and oxygen atoms in total. The normalized spacial score (nSPS) is 11.7. The Morgan fingerprint density at radius 3 is 1.96 bits per heavy atom. The van der Waals surface area contributed by atoms with Gasteiger partial charge in [-0.05, 0) is 0 Å². The fourth-order valence-corrected chi connectivity index (χ4v) is 5.45. The molecule has 0 amide bonds. The molecule has 0 fully saturated rings. The first-order valence-electron chi connectivity index (χ1n) is 7.54. The summed E-state index contributed by atoms with van der Waals surface area (Å²) in [5.74, 6) is 0. The van der Waals surface area contributed by atoms with E-state index in [9.17, 15) is 8.42 Å². The van der Waals surface area contributed by atoms with Crippen molar-refractivity contribution in [2.75, 3.05) is 4.72 Å². The first kappa shape index (κ1) is 16.8. The topological polar surface area (TPSA) is 46.2 Å². The summed E-state index contributed by atoms with van der Waals surface area (Å²) in [5.41, 5.74) is 1.61. The molecule has 0 aliphatic carbocycles. The molecule has 0 bridgehead atoms. The van der Waals surface area contributed by atoms with Crippen LogP contribution in [0.2, 0.25) is 0 Å². The first-order chi connectivity index (χ1) is 11.5. The van der Waals surface area contributed by atoms with Gasteiger partial charge in [0, 0.05) is 0 Å². The average molecular weight is 399 g/mol. The van der Waals surface area contributed by atoms with Gasteiger partial charge in [0.1, 0.15) is 0 Å². The van der Waals surface area contributed by atoms with Crippen molar-refractivity contribution >= 4 is 40.2 Å². The molecule has 3 aromatic carbocycles. The van der Waals surface area contributed by atoms with Crippen LogP contribution >= 0.6 is 0 Å². The third-order valence-electron chi connectivity index (χ3n) is 3.53. The second-order valence-corrected chi connectivity index (χ2v) is 10.1. The summed E-state index contributed by atoms with van der Waals surface area (Å²) in [6.45, 7) is 1.93. The molecule has 0 heterocycles. The molecule has 0 saturated heterocycles. The third-order valence-corrected chi connectivity index (χ3v) is 7.54. The Morgan fingerprint density at radius 2 is 1.33 bits per heavy atom. The predicted octanol–water partition coefficient (Wildman–Crippen LogP) is 2.18. The molecule has 1 unspecified atom stereocenters. The van der Waals surface area contributed by atoms with Crippen LogP contribution in [-0.2, 0) is 10.0 Å².